The van der Waals surface area contributed by atoms with Gasteiger partial charge in [-0.2, -0.15) is 0 Å². The molecule has 1 amide bonds. The number of carbonyl (C=O) groups excluding carboxylic acids is 2. The molecule has 0 radical (unpaired) electrons. The van der Waals surface area contributed by atoms with E-state index < -0.39 is 23.5 Å². The summed E-state index contributed by atoms with van der Waals surface area (Å²) in [5.41, 5.74) is 1.05. The first-order chi connectivity index (χ1) is 12.6. The number of carbonyl (C=O) groups is 2. The van der Waals surface area contributed by atoms with Crippen LogP contribution in [0.15, 0.2) is 63.1 Å². The monoisotopic (exact) mass is 385 g/mol. The van der Waals surface area contributed by atoms with Crippen molar-refractivity contribution in [2.45, 2.75) is 19.5 Å². The Balaban J connectivity index is 1.81. The summed E-state index contributed by atoms with van der Waals surface area (Å²) in [4.78, 5) is 29.1. The van der Waals surface area contributed by atoms with E-state index in [1.165, 1.54) is 35.0 Å². The molecule has 0 saturated heterocycles. The second-order valence-electron chi connectivity index (χ2n) is 5.95. The minimum Gasteiger partial charge on any atom is -0.503 e. The standard InChI is InChI=1S/C19H15NO4S2/c1-11-6-9-26-18(11)15-14(16(21)13-5-2-7-24-13)17(22)19(23)20(15)10-12-4-3-8-25-12/h2-9,15,22H,10H2,1H3. The molecular weight excluding hydrogens is 370 g/mol. The maximum Gasteiger partial charge on any atom is 0.290 e. The Morgan fingerprint density at radius 3 is 2.69 bits per heavy atom. The van der Waals surface area contributed by atoms with Crippen molar-refractivity contribution in [3.63, 3.8) is 0 Å². The zero-order valence-electron chi connectivity index (χ0n) is 13.8. The molecule has 4 rings (SSSR count). The highest BCUT2D eigenvalue weighted by atomic mass is 32.1. The van der Waals surface area contributed by atoms with Crippen LogP contribution in [0.25, 0.3) is 0 Å². The second kappa shape index (κ2) is 6.59. The Hall–Kier alpha value is -2.64. The van der Waals surface area contributed by atoms with Gasteiger partial charge in [0.1, 0.15) is 6.04 Å². The van der Waals surface area contributed by atoms with Crippen LogP contribution in [0, 0.1) is 6.92 Å². The van der Waals surface area contributed by atoms with Crippen LogP contribution in [0.2, 0.25) is 0 Å². The summed E-state index contributed by atoms with van der Waals surface area (Å²) < 4.78 is 5.21. The third-order valence-electron chi connectivity index (χ3n) is 4.35. The fourth-order valence-corrected chi connectivity index (χ4v) is 4.85. The van der Waals surface area contributed by atoms with Crippen LogP contribution >= 0.6 is 22.7 Å². The molecule has 5 nitrogen and oxygen atoms in total. The lowest BCUT2D eigenvalue weighted by Gasteiger charge is -2.25. The molecule has 1 unspecified atom stereocenters. The first-order valence-electron chi connectivity index (χ1n) is 7.96. The number of hydrogen-bond acceptors (Lipinski definition) is 6. The van der Waals surface area contributed by atoms with Gasteiger partial charge in [-0.15, -0.1) is 22.7 Å². The van der Waals surface area contributed by atoms with Crippen molar-refractivity contribution in [1.29, 1.82) is 0 Å². The van der Waals surface area contributed by atoms with Crippen molar-refractivity contribution in [2.24, 2.45) is 0 Å². The Labute approximate surface area is 157 Å². The minimum absolute atomic E-state index is 0.0760. The summed E-state index contributed by atoms with van der Waals surface area (Å²) in [5.74, 6) is -1.39. The van der Waals surface area contributed by atoms with E-state index in [4.69, 9.17) is 4.42 Å². The molecule has 4 heterocycles. The fraction of sp³-hybridized carbons (Fsp3) is 0.158. The number of hydrogen-bond donors (Lipinski definition) is 1. The first kappa shape index (κ1) is 16.8. The van der Waals surface area contributed by atoms with Crippen molar-refractivity contribution < 1.29 is 19.1 Å². The van der Waals surface area contributed by atoms with E-state index in [-0.39, 0.29) is 11.3 Å². The SMILES string of the molecule is Cc1ccsc1C1C(C(=O)c2ccco2)=C(O)C(=O)N1Cc1cccs1. The van der Waals surface area contributed by atoms with E-state index >= 15 is 0 Å². The summed E-state index contributed by atoms with van der Waals surface area (Å²) in [6, 6.07) is 8.30. The zero-order chi connectivity index (χ0) is 18.3. The predicted molar refractivity (Wildman–Crippen MR) is 99.4 cm³/mol. The van der Waals surface area contributed by atoms with Crippen LogP contribution in [-0.2, 0) is 11.3 Å². The van der Waals surface area contributed by atoms with Gasteiger partial charge in [0.15, 0.2) is 11.5 Å². The molecule has 0 spiro atoms. The lowest BCUT2D eigenvalue weighted by Crippen LogP contribution is -2.30. The largest absolute Gasteiger partial charge is 0.503 e. The van der Waals surface area contributed by atoms with Gasteiger partial charge in [-0.1, -0.05) is 6.07 Å². The van der Waals surface area contributed by atoms with E-state index in [1.807, 2.05) is 35.9 Å². The molecule has 0 bridgehead atoms. The van der Waals surface area contributed by atoms with Crippen LogP contribution in [-0.4, -0.2) is 21.7 Å². The number of rotatable bonds is 5. The van der Waals surface area contributed by atoms with Gasteiger partial charge in [-0.3, -0.25) is 9.59 Å². The average molecular weight is 385 g/mol. The Morgan fingerprint density at radius 2 is 2.08 bits per heavy atom. The quantitative estimate of drug-likeness (QED) is 0.657. The van der Waals surface area contributed by atoms with Gasteiger partial charge < -0.3 is 14.4 Å². The number of nitrogens with zero attached hydrogens (tertiary/aromatic N) is 1. The summed E-state index contributed by atoms with van der Waals surface area (Å²) in [7, 11) is 0. The number of furan rings is 1. The third kappa shape index (κ3) is 2.69. The smallest absolute Gasteiger partial charge is 0.290 e. The maximum absolute atomic E-state index is 12.9. The topological polar surface area (TPSA) is 70.7 Å². The molecule has 7 heteroatoms. The zero-order valence-corrected chi connectivity index (χ0v) is 15.5. The van der Waals surface area contributed by atoms with E-state index in [9.17, 15) is 14.7 Å². The molecule has 0 aliphatic carbocycles. The van der Waals surface area contributed by atoms with Gasteiger partial charge in [-0.25, -0.2) is 0 Å². The van der Waals surface area contributed by atoms with Crippen LogP contribution in [0.5, 0.6) is 0 Å². The number of ketones is 1. The van der Waals surface area contributed by atoms with Gasteiger partial charge in [-0.05, 0) is 47.5 Å². The first-order valence-corrected chi connectivity index (χ1v) is 9.72. The number of aliphatic hydroxyl groups excluding tert-OH is 1. The van der Waals surface area contributed by atoms with Gasteiger partial charge in [0.25, 0.3) is 5.91 Å². The molecule has 0 aromatic carbocycles. The highest BCUT2D eigenvalue weighted by Gasteiger charge is 2.45. The average Bonchev–Trinajstić information content (AvgIpc) is 3.40. The highest BCUT2D eigenvalue weighted by molar-refractivity contribution is 7.10. The molecule has 1 aliphatic rings. The Kier molecular flexibility index (Phi) is 4.26. The Bertz CT molecular complexity index is 983. The minimum atomic E-state index is -0.623. The van der Waals surface area contributed by atoms with Gasteiger partial charge in [0, 0.05) is 9.75 Å². The van der Waals surface area contributed by atoms with Crippen molar-refractivity contribution >= 4 is 34.4 Å². The van der Waals surface area contributed by atoms with Crippen molar-refractivity contribution in [3.8, 4) is 0 Å². The molecule has 1 N–H and O–H groups in total. The maximum atomic E-state index is 12.9. The molecule has 3 aromatic rings. The molecule has 132 valence electrons. The molecule has 26 heavy (non-hydrogen) atoms. The van der Waals surface area contributed by atoms with E-state index in [1.54, 1.807) is 11.0 Å². The summed E-state index contributed by atoms with van der Waals surface area (Å²) in [5, 5.41) is 14.4. The van der Waals surface area contributed by atoms with Crippen LogP contribution in [0.4, 0.5) is 0 Å². The summed E-state index contributed by atoms with van der Waals surface area (Å²) in [6.45, 7) is 2.27. The molecular formula is C19H15NO4S2. The summed E-state index contributed by atoms with van der Waals surface area (Å²) in [6.07, 6.45) is 1.40. The van der Waals surface area contributed by atoms with Crippen molar-refractivity contribution in [1.82, 2.24) is 4.90 Å². The second-order valence-corrected chi connectivity index (χ2v) is 7.93. The van der Waals surface area contributed by atoms with Crippen LogP contribution in [0.1, 0.15) is 31.9 Å². The molecule has 1 aliphatic heterocycles. The lowest BCUT2D eigenvalue weighted by atomic mass is 9.98. The van der Waals surface area contributed by atoms with Gasteiger partial charge >= 0.3 is 0 Å². The molecule has 3 aromatic heterocycles. The van der Waals surface area contributed by atoms with Gasteiger partial charge in [0.05, 0.1) is 18.4 Å². The number of aryl methyl sites for hydroxylation is 1. The van der Waals surface area contributed by atoms with Crippen molar-refractivity contribution in [2.75, 3.05) is 0 Å². The normalized spacial score (nSPS) is 17.3. The molecule has 1 atom stereocenters. The van der Waals surface area contributed by atoms with Gasteiger partial charge in [0.2, 0.25) is 5.78 Å². The van der Waals surface area contributed by atoms with E-state index in [0.29, 0.717) is 6.54 Å². The van der Waals surface area contributed by atoms with Crippen LogP contribution in [0.3, 0.4) is 0 Å². The molecule has 0 saturated carbocycles. The van der Waals surface area contributed by atoms with E-state index in [0.717, 1.165) is 15.3 Å². The highest BCUT2D eigenvalue weighted by Crippen LogP contribution is 2.43. The number of amides is 1. The summed E-state index contributed by atoms with van der Waals surface area (Å²) >= 11 is 3.00. The predicted octanol–water partition coefficient (Wildman–Crippen LogP) is 4.49. The van der Waals surface area contributed by atoms with Crippen LogP contribution < -0.4 is 0 Å². The van der Waals surface area contributed by atoms with E-state index in [2.05, 4.69) is 0 Å². The lowest BCUT2D eigenvalue weighted by molar-refractivity contribution is -0.129. The third-order valence-corrected chi connectivity index (χ3v) is 6.28. The Morgan fingerprint density at radius 1 is 1.23 bits per heavy atom. The van der Waals surface area contributed by atoms with Crippen molar-refractivity contribution in [3.05, 3.63) is 79.8 Å². The molecule has 0 fully saturated rings. The number of thiophene rings is 2. The fourth-order valence-electron chi connectivity index (χ4n) is 3.10. The number of aliphatic hydroxyl groups is 1. The number of Topliss-reactive ketones (excluding diaryl/α,β-unsaturated/α-hetero) is 1.